The molecule has 2 bridgehead atoms. The topological polar surface area (TPSA) is 71.1 Å². The van der Waals surface area contributed by atoms with Gasteiger partial charge < -0.3 is 18.9 Å². The van der Waals surface area contributed by atoms with Crippen LogP contribution in [0.15, 0.2) is 41.7 Å². The van der Waals surface area contributed by atoms with Crippen LogP contribution in [0.25, 0.3) is 0 Å². The van der Waals surface area contributed by atoms with E-state index in [0.717, 1.165) is 5.56 Å². The molecular formula is C20H24O6. The number of rotatable bonds is 6. The molecule has 140 valence electrons. The van der Waals surface area contributed by atoms with Gasteiger partial charge in [-0.1, -0.05) is 30.3 Å². The Kier molecular flexibility index (Phi) is 5.16. The number of carbonyl (C=O) groups excluding carboxylic acids is 2. The predicted molar refractivity (Wildman–Crippen MR) is 93.0 cm³/mol. The highest BCUT2D eigenvalue weighted by Gasteiger charge is 2.57. The Morgan fingerprint density at radius 2 is 1.92 bits per heavy atom. The van der Waals surface area contributed by atoms with Crippen LogP contribution in [0, 0.1) is 0 Å². The number of methoxy groups -OCH3 is 1. The summed E-state index contributed by atoms with van der Waals surface area (Å²) in [4.78, 5) is 23.8. The average molecular weight is 360 g/mol. The third kappa shape index (κ3) is 3.66. The minimum absolute atomic E-state index is 0.298. The van der Waals surface area contributed by atoms with Gasteiger partial charge in [0.2, 0.25) is 0 Å². The summed E-state index contributed by atoms with van der Waals surface area (Å²) in [7, 11) is 1.31. The summed E-state index contributed by atoms with van der Waals surface area (Å²) >= 11 is 0. The molecule has 1 fully saturated rings. The van der Waals surface area contributed by atoms with Crippen LogP contribution in [-0.4, -0.2) is 36.9 Å². The van der Waals surface area contributed by atoms with Crippen LogP contribution in [0.4, 0.5) is 0 Å². The molecule has 0 aliphatic carbocycles. The molecule has 3 rings (SSSR count). The fourth-order valence-electron chi connectivity index (χ4n) is 3.80. The Hall–Kier alpha value is -2.18. The normalized spacial score (nSPS) is 27.3. The molecule has 0 saturated carbocycles. The van der Waals surface area contributed by atoms with Crippen molar-refractivity contribution in [2.75, 3.05) is 13.7 Å². The molecular weight excluding hydrogens is 336 g/mol. The highest BCUT2D eigenvalue weighted by molar-refractivity contribution is 5.92. The van der Waals surface area contributed by atoms with Crippen LogP contribution < -0.4 is 0 Å². The summed E-state index contributed by atoms with van der Waals surface area (Å²) in [6.07, 6.45) is 1.65. The minimum Gasteiger partial charge on any atom is -0.465 e. The van der Waals surface area contributed by atoms with Crippen molar-refractivity contribution in [3.05, 3.63) is 47.2 Å². The Balaban J connectivity index is 1.79. The largest absolute Gasteiger partial charge is 0.465 e. The lowest BCUT2D eigenvalue weighted by molar-refractivity contribution is -0.158. The predicted octanol–water partition coefficient (Wildman–Crippen LogP) is 2.91. The molecule has 0 unspecified atom stereocenters. The second-order valence-corrected chi connectivity index (χ2v) is 7.05. The first-order chi connectivity index (χ1) is 12.4. The van der Waals surface area contributed by atoms with Gasteiger partial charge in [-0.25, -0.2) is 4.79 Å². The zero-order valence-electron chi connectivity index (χ0n) is 15.4. The first-order valence-corrected chi connectivity index (χ1v) is 8.70. The average Bonchev–Trinajstić information content (AvgIpc) is 2.87. The number of hydrogen-bond acceptors (Lipinski definition) is 6. The molecule has 0 aromatic heterocycles. The lowest BCUT2D eigenvalue weighted by Gasteiger charge is -2.39. The fraction of sp³-hybridized carbons (Fsp3) is 0.500. The summed E-state index contributed by atoms with van der Waals surface area (Å²) in [6, 6.07) is 9.88. The number of ether oxygens (including phenoxy) is 4. The maximum absolute atomic E-state index is 12.3. The first kappa shape index (κ1) is 18.6. The Labute approximate surface area is 153 Å². The van der Waals surface area contributed by atoms with Crippen molar-refractivity contribution in [1.82, 2.24) is 0 Å². The van der Waals surface area contributed by atoms with Crippen LogP contribution >= 0.6 is 0 Å². The molecule has 0 spiro atoms. The molecule has 6 heteroatoms. The second-order valence-electron chi connectivity index (χ2n) is 7.05. The molecule has 2 aliphatic rings. The highest BCUT2D eigenvalue weighted by atomic mass is 16.6. The van der Waals surface area contributed by atoms with Crippen molar-refractivity contribution < 1.29 is 28.5 Å². The summed E-state index contributed by atoms with van der Waals surface area (Å²) < 4.78 is 22.4. The molecule has 6 nitrogen and oxygen atoms in total. The van der Waals surface area contributed by atoms with Gasteiger partial charge in [0.25, 0.3) is 0 Å². The van der Waals surface area contributed by atoms with Gasteiger partial charge in [0.1, 0.15) is 16.9 Å². The molecule has 2 heterocycles. The third-order valence-corrected chi connectivity index (χ3v) is 4.92. The smallest absolute Gasteiger partial charge is 0.340 e. The van der Waals surface area contributed by atoms with Gasteiger partial charge in [0, 0.05) is 13.3 Å². The first-order valence-electron chi connectivity index (χ1n) is 8.70. The summed E-state index contributed by atoms with van der Waals surface area (Å²) in [6.45, 7) is 3.98. The monoisotopic (exact) mass is 360 g/mol. The standard InChI is InChI=1S/C20H24O6/c1-14(21)25-16-11-20(13-24-12-15-7-5-4-6-8-15)10-9-19(2,26-20)17(16)18(22)23-3/h4-8H,9-13H2,1-3H3/t19-,20+/m1/s1. The molecule has 1 aromatic carbocycles. The van der Waals surface area contributed by atoms with Crippen molar-refractivity contribution in [2.24, 2.45) is 0 Å². The third-order valence-electron chi connectivity index (χ3n) is 4.92. The lowest BCUT2D eigenvalue weighted by Crippen LogP contribution is -2.46. The van der Waals surface area contributed by atoms with Crippen molar-refractivity contribution in [2.45, 2.75) is 50.9 Å². The minimum atomic E-state index is -0.841. The number of esters is 2. The maximum Gasteiger partial charge on any atom is 0.340 e. The van der Waals surface area contributed by atoms with Gasteiger partial charge in [0.15, 0.2) is 0 Å². The van der Waals surface area contributed by atoms with E-state index in [1.54, 1.807) is 0 Å². The SMILES string of the molecule is COC(=O)C1=C(OC(C)=O)C[C@]2(COCc3ccccc3)CC[C@@]1(C)O2. The molecule has 0 N–H and O–H groups in total. The van der Waals surface area contributed by atoms with Gasteiger partial charge in [0.05, 0.1) is 25.9 Å². The Bertz CT molecular complexity index is 725. The van der Waals surface area contributed by atoms with Crippen LogP contribution in [0.2, 0.25) is 0 Å². The summed E-state index contributed by atoms with van der Waals surface area (Å²) in [5.41, 5.74) is -0.0733. The highest BCUT2D eigenvalue weighted by Crippen LogP contribution is 2.51. The van der Waals surface area contributed by atoms with Crippen LogP contribution in [0.1, 0.15) is 38.7 Å². The van der Waals surface area contributed by atoms with E-state index in [-0.39, 0.29) is 0 Å². The van der Waals surface area contributed by atoms with Crippen molar-refractivity contribution in [3.8, 4) is 0 Å². The number of benzene rings is 1. The van der Waals surface area contributed by atoms with E-state index >= 15 is 0 Å². The number of hydrogen-bond donors (Lipinski definition) is 0. The molecule has 2 aliphatic heterocycles. The quantitative estimate of drug-likeness (QED) is 0.727. The van der Waals surface area contributed by atoms with E-state index in [1.165, 1.54) is 14.0 Å². The maximum atomic E-state index is 12.3. The summed E-state index contributed by atoms with van der Waals surface area (Å²) in [5.74, 6) is -0.657. The zero-order valence-corrected chi connectivity index (χ0v) is 15.4. The Morgan fingerprint density at radius 1 is 1.19 bits per heavy atom. The molecule has 0 amide bonds. The second kappa shape index (κ2) is 7.21. The van der Waals surface area contributed by atoms with Gasteiger partial charge in [-0.05, 0) is 25.3 Å². The van der Waals surface area contributed by atoms with E-state index < -0.39 is 23.1 Å². The molecule has 2 atom stereocenters. The zero-order chi connectivity index (χ0) is 18.8. The van der Waals surface area contributed by atoms with Crippen molar-refractivity contribution in [3.63, 3.8) is 0 Å². The summed E-state index contributed by atoms with van der Waals surface area (Å²) in [5, 5.41) is 0. The van der Waals surface area contributed by atoms with Gasteiger partial charge >= 0.3 is 11.9 Å². The van der Waals surface area contributed by atoms with Crippen LogP contribution in [-0.2, 0) is 35.1 Å². The van der Waals surface area contributed by atoms with E-state index in [1.807, 2.05) is 37.3 Å². The lowest BCUT2D eigenvalue weighted by atomic mass is 9.91. The van der Waals surface area contributed by atoms with E-state index in [4.69, 9.17) is 18.9 Å². The van der Waals surface area contributed by atoms with Gasteiger partial charge in [-0.3, -0.25) is 4.79 Å². The fourth-order valence-corrected chi connectivity index (χ4v) is 3.80. The van der Waals surface area contributed by atoms with Crippen molar-refractivity contribution >= 4 is 11.9 Å². The molecule has 0 radical (unpaired) electrons. The van der Waals surface area contributed by atoms with Crippen molar-refractivity contribution in [1.29, 1.82) is 0 Å². The number of carbonyl (C=O) groups is 2. The van der Waals surface area contributed by atoms with Gasteiger partial charge in [-0.2, -0.15) is 0 Å². The van der Waals surface area contributed by atoms with E-state index in [2.05, 4.69) is 0 Å². The van der Waals surface area contributed by atoms with E-state index in [9.17, 15) is 9.59 Å². The Morgan fingerprint density at radius 3 is 2.58 bits per heavy atom. The van der Waals surface area contributed by atoms with Crippen LogP contribution in [0.3, 0.4) is 0 Å². The van der Waals surface area contributed by atoms with Crippen LogP contribution in [0.5, 0.6) is 0 Å². The van der Waals surface area contributed by atoms with Gasteiger partial charge in [-0.15, -0.1) is 0 Å². The number of fused-ring (bicyclic) bond motifs is 2. The van der Waals surface area contributed by atoms with E-state index in [0.29, 0.717) is 43.8 Å². The molecule has 26 heavy (non-hydrogen) atoms. The molecule has 1 saturated heterocycles. The molecule has 1 aromatic rings.